The molecule has 2 N–H and O–H groups in total. The summed E-state index contributed by atoms with van der Waals surface area (Å²) in [7, 11) is -8.16. The lowest BCUT2D eigenvalue weighted by Crippen LogP contribution is -2.32. The van der Waals surface area contributed by atoms with Crippen molar-refractivity contribution in [2.45, 2.75) is 97.3 Å². The number of amides is 2. The van der Waals surface area contributed by atoms with Crippen LogP contribution >= 0.6 is 11.6 Å². The second-order valence-corrected chi connectivity index (χ2v) is 21.0. The van der Waals surface area contributed by atoms with E-state index in [-0.39, 0.29) is 37.2 Å². The number of rotatable bonds is 20. The van der Waals surface area contributed by atoms with Gasteiger partial charge in [0.1, 0.15) is 12.4 Å². The number of imide groups is 1. The largest absolute Gasteiger partial charge is 0.333 e. The van der Waals surface area contributed by atoms with E-state index in [1.165, 1.54) is 0 Å². The van der Waals surface area contributed by atoms with Gasteiger partial charge in [0.05, 0.1) is 27.7 Å². The molecule has 2 amide bonds. The summed E-state index contributed by atoms with van der Waals surface area (Å²) >= 11 is 6.62. The number of carbonyl (C=O) groups is 3. The molecular formula is C47H56ClN4O10S2+. The van der Waals surface area contributed by atoms with E-state index < -0.39 is 48.8 Å². The number of unbranched alkanes of at least 4 members (excludes halogenated alkanes) is 3. The van der Waals surface area contributed by atoms with E-state index in [0.29, 0.717) is 67.5 Å². The molecule has 2 aromatic carbocycles. The van der Waals surface area contributed by atoms with Crippen LogP contribution in [0.1, 0.15) is 102 Å². The first-order valence-electron chi connectivity index (χ1n) is 21.5. The van der Waals surface area contributed by atoms with Crippen molar-refractivity contribution >= 4 is 72.4 Å². The Balaban J connectivity index is 1.31. The maximum Gasteiger partial charge on any atom is 0.333 e. The van der Waals surface area contributed by atoms with E-state index in [1.807, 2.05) is 53.5 Å². The predicted octanol–water partition coefficient (Wildman–Crippen LogP) is 8.00. The Morgan fingerprint density at radius 1 is 0.891 bits per heavy atom. The summed E-state index contributed by atoms with van der Waals surface area (Å²) in [6.07, 6.45) is 15.4. The van der Waals surface area contributed by atoms with Crippen LogP contribution in [0.2, 0.25) is 0 Å². The summed E-state index contributed by atoms with van der Waals surface area (Å²) in [5, 5.41) is 1.08. The van der Waals surface area contributed by atoms with Gasteiger partial charge >= 0.3 is 5.97 Å². The summed E-state index contributed by atoms with van der Waals surface area (Å²) < 4.78 is 66.5. The molecule has 6 rings (SSSR count). The van der Waals surface area contributed by atoms with Gasteiger partial charge in [-0.2, -0.15) is 21.4 Å². The van der Waals surface area contributed by atoms with Crippen molar-refractivity contribution in [3.63, 3.8) is 0 Å². The third-order valence-electron chi connectivity index (χ3n) is 11.9. The molecule has 4 aliphatic rings. The van der Waals surface area contributed by atoms with Crippen molar-refractivity contribution < 1.29 is 49.7 Å². The number of fused-ring (bicyclic) bond motifs is 2. The molecule has 0 atom stereocenters. The molecule has 0 radical (unpaired) electrons. The standard InChI is InChI=1S/C47H55ClN4O10S2/c1-46(2)38-31-36(48)32-50(26-9-11-28-63(56,57)58)45(38)49-40(46)22-20-34(35-16-13-15-33(30-35)14-5-8-19-44(55)62-52-42(53)24-25-43(52)54)21-23-41-47(3,4)37-17-6-7-18-39(37)51(41)27-10-12-29-64(59,60)61/h6-7,13,15-18,20-23,30-32H,5,8-12,14,19,24-29H2,1-4H3,(H-,56,57,58,59,60,61)/p+1. The van der Waals surface area contributed by atoms with E-state index in [0.717, 1.165) is 44.9 Å². The fourth-order valence-electron chi connectivity index (χ4n) is 8.40. The quantitative estimate of drug-likeness (QED) is 0.0430. The topological polar surface area (TPSA) is 191 Å². The second kappa shape index (κ2) is 20.0. The fourth-order valence-corrected chi connectivity index (χ4v) is 9.76. The molecule has 14 nitrogen and oxygen atoms in total. The van der Waals surface area contributed by atoms with Gasteiger partial charge in [-0.3, -0.25) is 18.7 Å². The Labute approximate surface area is 380 Å². The first-order valence-corrected chi connectivity index (χ1v) is 25.1. The van der Waals surface area contributed by atoms with Crippen LogP contribution in [0, 0.1) is 5.41 Å². The maximum atomic E-state index is 12.4. The van der Waals surface area contributed by atoms with Crippen molar-refractivity contribution in [3.05, 3.63) is 118 Å². The van der Waals surface area contributed by atoms with E-state index >= 15 is 0 Å². The molecule has 4 heterocycles. The molecule has 342 valence electrons. The summed E-state index contributed by atoms with van der Waals surface area (Å²) in [4.78, 5) is 48.2. The van der Waals surface area contributed by atoms with Gasteiger partial charge in [0, 0.05) is 67.1 Å². The number of hydrogen-bond donors (Lipinski definition) is 2. The smallest absolute Gasteiger partial charge is 0.331 e. The van der Waals surface area contributed by atoms with Gasteiger partial charge in [0.25, 0.3) is 32.1 Å². The van der Waals surface area contributed by atoms with Crippen molar-refractivity contribution in [1.29, 1.82) is 0 Å². The summed E-state index contributed by atoms with van der Waals surface area (Å²) in [6.45, 7) is 9.45. The Morgan fingerprint density at radius 3 is 2.28 bits per heavy atom. The molecule has 17 heteroatoms. The highest BCUT2D eigenvalue weighted by molar-refractivity contribution is 7.86. The summed E-state index contributed by atoms with van der Waals surface area (Å²) in [5.41, 5.74) is 6.76. The highest BCUT2D eigenvalue weighted by Crippen LogP contribution is 2.46. The number of hydrogen-bond acceptors (Lipinski definition) is 10. The normalized spacial score (nSPS) is 19.1. The van der Waals surface area contributed by atoms with Gasteiger partial charge in [0.15, 0.2) is 5.71 Å². The zero-order chi connectivity index (χ0) is 46.5. The molecule has 1 saturated heterocycles. The highest BCUT2D eigenvalue weighted by Gasteiger charge is 2.44. The molecule has 0 unspecified atom stereocenters. The van der Waals surface area contributed by atoms with Crippen molar-refractivity contribution in [2.75, 3.05) is 24.6 Å². The number of aryl methyl sites for hydroxylation is 1. The number of amidine groups is 1. The Kier molecular flexibility index (Phi) is 15.2. The first-order chi connectivity index (χ1) is 30.1. The van der Waals surface area contributed by atoms with Gasteiger partial charge < -0.3 is 9.74 Å². The molecule has 4 aliphatic heterocycles. The molecule has 0 aromatic heterocycles. The lowest BCUT2D eigenvalue weighted by molar-refractivity contribution is -0.438. The zero-order valence-corrected chi connectivity index (χ0v) is 39.0. The lowest BCUT2D eigenvalue weighted by atomic mass is 9.81. The summed E-state index contributed by atoms with van der Waals surface area (Å²) in [6, 6.07) is 16.3. The van der Waals surface area contributed by atoms with Crippen molar-refractivity contribution in [2.24, 2.45) is 10.4 Å². The van der Waals surface area contributed by atoms with Crippen LogP contribution in [0.5, 0.6) is 0 Å². The maximum absolute atomic E-state index is 12.4. The predicted molar refractivity (Wildman–Crippen MR) is 247 cm³/mol. The molecule has 0 spiro atoms. The van der Waals surface area contributed by atoms with Crippen LogP contribution in [0.3, 0.4) is 0 Å². The van der Waals surface area contributed by atoms with Gasteiger partial charge in [-0.25, -0.2) is 9.79 Å². The van der Waals surface area contributed by atoms with Crippen LogP contribution in [-0.4, -0.2) is 94.4 Å². The van der Waals surface area contributed by atoms with Crippen LogP contribution in [-0.2, 0) is 51.3 Å². The van der Waals surface area contributed by atoms with E-state index in [1.54, 1.807) is 6.20 Å². The molecule has 64 heavy (non-hydrogen) atoms. The van der Waals surface area contributed by atoms with Gasteiger partial charge in [-0.15, -0.1) is 5.06 Å². The minimum Gasteiger partial charge on any atom is -0.331 e. The van der Waals surface area contributed by atoms with Gasteiger partial charge in [0.2, 0.25) is 5.69 Å². The molecule has 0 bridgehead atoms. The monoisotopic (exact) mass is 935 g/mol. The van der Waals surface area contributed by atoms with Crippen molar-refractivity contribution in [1.82, 2.24) is 9.96 Å². The van der Waals surface area contributed by atoms with Gasteiger partial charge in [-0.1, -0.05) is 74.0 Å². The Bertz CT molecular complexity index is 2620. The number of allylic oxidation sites excluding steroid dienone is 8. The fraction of sp³-hybridized carbons (Fsp3) is 0.426. The summed E-state index contributed by atoms with van der Waals surface area (Å²) in [5.74, 6) is -1.59. The molecule has 2 aromatic rings. The lowest BCUT2D eigenvalue weighted by Gasteiger charge is -2.29. The minimum atomic E-state index is -4.09. The SMILES string of the molecule is CC1(C)C2=CC(Cl)=CN(CCCCS(=O)(=O)O)C2=N/C1=C/C=C(/C=C/C1=[N+](CCCCS(=O)(=O)O)c2ccccc2C1(C)C)c1cccc(CCCCC(=O)ON2C(=O)CCC2=O)c1. The highest BCUT2D eigenvalue weighted by atomic mass is 35.5. The minimum absolute atomic E-state index is 0.0347. The van der Waals surface area contributed by atoms with Gasteiger partial charge in [-0.05, 0) is 87.3 Å². The van der Waals surface area contributed by atoms with Crippen LogP contribution in [0.15, 0.2) is 106 Å². The second-order valence-electron chi connectivity index (χ2n) is 17.5. The molecule has 1 fully saturated rings. The number of para-hydroxylation sites is 1. The first kappa shape index (κ1) is 48.5. The Hall–Kier alpha value is -5.00. The zero-order valence-electron chi connectivity index (χ0n) is 36.6. The number of nitrogens with zero attached hydrogens (tertiary/aromatic N) is 4. The van der Waals surface area contributed by atoms with Crippen LogP contribution in [0.4, 0.5) is 5.69 Å². The van der Waals surface area contributed by atoms with E-state index in [2.05, 4.69) is 62.6 Å². The Morgan fingerprint density at radius 2 is 1.58 bits per heavy atom. The van der Waals surface area contributed by atoms with E-state index in [4.69, 9.17) is 21.4 Å². The molecule has 0 aliphatic carbocycles. The number of hydroxylamine groups is 2. The third-order valence-corrected chi connectivity index (χ3v) is 13.7. The number of benzene rings is 2. The third kappa shape index (κ3) is 12.0. The average Bonchev–Trinajstić information content (AvgIpc) is 3.76. The molecule has 0 saturated carbocycles. The molecular weight excluding hydrogens is 880 g/mol. The number of carbonyl (C=O) groups excluding carboxylic acids is 3. The van der Waals surface area contributed by atoms with E-state index in [9.17, 15) is 40.3 Å². The number of aliphatic imine (C=N–C) groups is 1. The van der Waals surface area contributed by atoms with Crippen molar-refractivity contribution in [3.8, 4) is 0 Å². The van der Waals surface area contributed by atoms with Crippen LogP contribution in [0.25, 0.3) is 5.57 Å². The number of halogens is 1. The average molecular weight is 937 g/mol. The van der Waals surface area contributed by atoms with Crippen LogP contribution < -0.4 is 0 Å².